The van der Waals surface area contributed by atoms with Gasteiger partial charge in [0.15, 0.2) is 0 Å². The van der Waals surface area contributed by atoms with E-state index in [0.29, 0.717) is 0 Å². The Morgan fingerprint density at radius 1 is 0.442 bits per heavy atom. The topological polar surface area (TPSA) is 9.23 Å². The van der Waals surface area contributed by atoms with Crippen molar-refractivity contribution in [3.63, 3.8) is 0 Å². The van der Waals surface area contributed by atoms with Crippen LogP contribution in [0, 0.1) is 0 Å². The first-order chi connectivity index (χ1) is 25.8. The second kappa shape index (κ2) is 11.7. The van der Waals surface area contributed by atoms with Crippen molar-refractivity contribution in [2.45, 2.75) is 12.0 Å². The summed E-state index contributed by atoms with van der Waals surface area (Å²) in [5.74, 6) is 1.05. The highest BCUT2D eigenvalue weighted by atomic mass is 32.1. The first kappa shape index (κ1) is 29.5. The van der Waals surface area contributed by atoms with Crippen molar-refractivity contribution >= 4 is 60.0 Å². The van der Waals surface area contributed by atoms with E-state index >= 15 is 0 Å². The zero-order valence-electron chi connectivity index (χ0n) is 28.3. The van der Waals surface area contributed by atoms with Crippen molar-refractivity contribution in [3.05, 3.63) is 192 Å². The molecule has 0 saturated carbocycles. The third-order valence-electron chi connectivity index (χ3n) is 11.1. The molecular formula is C50H32OS. The van der Waals surface area contributed by atoms with Crippen LogP contribution in [0.2, 0.25) is 0 Å². The zero-order chi connectivity index (χ0) is 34.2. The minimum atomic E-state index is -0.0753. The van der Waals surface area contributed by atoms with E-state index in [4.69, 9.17) is 4.74 Å². The Labute approximate surface area is 306 Å². The molecule has 1 aliphatic heterocycles. The van der Waals surface area contributed by atoms with Crippen molar-refractivity contribution in [1.29, 1.82) is 0 Å². The number of allylic oxidation sites excluding steroid dienone is 2. The van der Waals surface area contributed by atoms with Crippen LogP contribution in [0.4, 0.5) is 0 Å². The van der Waals surface area contributed by atoms with E-state index in [-0.39, 0.29) is 12.0 Å². The molecular weight excluding hydrogens is 649 g/mol. The minimum absolute atomic E-state index is 0.0753. The van der Waals surface area contributed by atoms with Crippen LogP contribution in [-0.2, 0) is 0 Å². The SMILES string of the molecule is C1=CC2Oc3cc(-c4c5ccccc5c(-c5ccccc5)c5ccccc45)ccc3C2C(c2c3ccccc3c(-c3cccs3)c3ccccc23)=C1. The Bertz CT molecular complexity index is 2820. The molecule has 1 aromatic heterocycles. The summed E-state index contributed by atoms with van der Waals surface area (Å²) in [7, 11) is 0. The molecule has 0 saturated heterocycles. The summed E-state index contributed by atoms with van der Waals surface area (Å²) in [4.78, 5) is 1.30. The number of hydrogen-bond donors (Lipinski definition) is 0. The third-order valence-corrected chi connectivity index (χ3v) is 12.0. The maximum absolute atomic E-state index is 6.92. The Kier molecular flexibility index (Phi) is 6.62. The van der Waals surface area contributed by atoms with Gasteiger partial charge in [0.25, 0.3) is 0 Å². The fourth-order valence-corrected chi connectivity index (χ4v) is 9.83. The van der Waals surface area contributed by atoms with Gasteiger partial charge in [-0.2, -0.15) is 0 Å². The average Bonchev–Trinajstić information content (AvgIpc) is 3.87. The number of benzene rings is 8. The number of thiophene rings is 1. The lowest BCUT2D eigenvalue weighted by atomic mass is 9.77. The molecule has 0 bridgehead atoms. The molecule has 8 aromatic carbocycles. The molecule has 9 aromatic rings. The van der Waals surface area contributed by atoms with E-state index in [0.717, 1.165) is 5.75 Å². The summed E-state index contributed by atoms with van der Waals surface area (Å²) in [6.45, 7) is 0. The second-order valence-electron chi connectivity index (χ2n) is 13.8. The first-order valence-electron chi connectivity index (χ1n) is 18.0. The molecule has 2 heteroatoms. The fourth-order valence-electron chi connectivity index (χ4n) is 9.03. The van der Waals surface area contributed by atoms with Gasteiger partial charge >= 0.3 is 0 Å². The van der Waals surface area contributed by atoms with Crippen molar-refractivity contribution < 1.29 is 4.74 Å². The van der Waals surface area contributed by atoms with E-state index in [1.165, 1.54) is 92.5 Å². The van der Waals surface area contributed by atoms with Gasteiger partial charge in [-0.25, -0.2) is 0 Å². The molecule has 0 amide bonds. The van der Waals surface area contributed by atoms with Crippen molar-refractivity contribution in [1.82, 2.24) is 0 Å². The molecule has 0 spiro atoms. The van der Waals surface area contributed by atoms with E-state index in [9.17, 15) is 0 Å². The summed E-state index contributed by atoms with van der Waals surface area (Å²) in [6.07, 6.45) is 6.69. The Hall–Kier alpha value is -6.22. The highest BCUT2D eigenvalue weighted by Gasteiger charge is 2.38. The highest BCUT2D eigenvalue weighted by Crippen LogP contribution is 2.53. The lowest BCUT2D eigenvalue weighted by Crippen LogP contribution is -2.19. The molecule has 0 N–H and O–H groups in total. The van der Waals surface area contributed by atoms with E-state index in [2.05, 4.69) is 181 Å². The quantitative estimate of drug-likeness (QED) is 0.168. The normalized spacial score (nSPS) is 16.3. The van der Waals surface area contributed by atoms with Crippen LogP contribution < -0.4 is 4.74 Å². The molecule has 0 radical (unpaired) electrons. The first-order valence-corrected chi connectivity index (χ1v) is 18.9. The minimum Gasteiger partial charge on any atom is -0.485 e. The van der Waals surface area contributed by atoms with E-state index in [1.807, 2.05) is 11.3 Å². The lowest BCUT2D eigenvalue weighted by molar-refractivity contribution is 0.272. The van der Waals surface area contributed by atoms with Gasteiger partial charge in [0.05, 0.1) is 5.92 Å². The molecule has 2 heterocycles. The molecule has 244 valence electrons. The van der Waals surface area contributed by atoms with Gasteiger partial charge in [-0.3, -0.25) is 0 Å². The van der Waals surface area contributed by atoms with Crippen molar-refractivity contribution in [3.8, 4) is 38.4 Å². The average molecular weight is 681 g/mol. The summed E-state index contributed by atoms with van der Waals surface area (Å²) in [5, 5.41) is 12.3. The Morgan fingerprint density at radius 3 is 1.52 bits per heavy atom. The second-order valence-corrected chi connectivity index (χ2v) is 14.8. The smallest absolute Gasteiger partial charge is 0.128 e. The molecule has 0 fully saturated rings. The van der Waals surface area contributed by atoms with Gasteiger partial charge in [0.1, 0.15) is 11.9 Å². The van der Waals surface area contributed by atoms with Gasteiger partial charge < -0.3 is 4.74 Å². The van der Waals surface area contributed by atoms with Crippen LogP contribution in [0.25, 0.3) is 81.4 Å². The van der Waals surface area contributed by atoms with Gasteiger partial charge in [-0.05, 0) is 100 Å². The van der Waals surface area contributed by atoms with Crippen molar-refractivity contribution in [2.24, 2.45) is 0 Å². The predicted octanol–water partition coefficient (Wildman–Crippen LogP) is 13.9. The highest BCUT2D eigenvalue weighted by molar-refractivity contribution is 7.13. The molecule has 1 aliphatic carbocycles. The monoisotopic (exact) mass is 680 g/mol. The zero-order valence-corrected chi connectivity index (χ0v) is 29.1. The number of rotatable bonds is 4. The van der Waals surface area contributed by atoms with E-state index in [1.54, 1.807) is 0 Å². The predicted molar refractivity (Wildman–Crippen MR) is 221 cm³/mol. The largest absolute Gasteiger partial charge is 0.485 e. The molecule has 52 heavy (non-hydrogen) atoms. The molecule has 2 atom stereocenters. The lowest BCUT2D eigenvalue weighted by Gasteiger charge is -2.26. The van der Waals surface area contributed by atoms with Gasteiger partial charge in [-0.1, -0.05) is 158 Å². The van der Waals surface area contributed by atoms with Crippen LogP contribution in [0.5, 0.6) is 5.75 Å². The van der Waals surface area contributed by atoms with Gasteiger partial charge in [0, 0.05) is 16.0 Å². The Morgan fingerprint density at radius 2 is 0.962 bits per heavy atom. The third kappa shape index (κ3) is 4.35. The molecule has 2 aliphatic rings. The standard InChI is InChI=1S/C50H32OS/c1-2-14-31(15-3-1)46-33-16-4-6-18-35(33)47(36-19-7-5-17-34(36)46)32-27-28-41-44(30-32)51-43-25-12-24-42(49(41)43)48-37-20-8-10-22-39(37)50(45-26-13-29-52-45)40-23-11-9-21-38(40)48/h1-30,43,49H. The van der Waals surface area contributed by atoms with Crippen molar-refractivity contribution in [2.75, 3.05) is 0 Å². The molecule has 11 rings (SSSR count). The van der Waals surface area contributed by atoms with Crippen LogP contribution in [0.3, 0.4) is 0 Å². The summed E-state index contributed by atoms with van der Waals surface area (Å²) < 4.78 is 6.92. The summed E-state index contributed by atoms with van der Waals surface area (Å²) in [5.41, 5.74) is 10.1. The Balaban J connectivity index is 1.11. The van der Waals surface area contributed by atoms with Crippen LogP contribution in [-0.4, -0.2) is 6.10 Å². The molecule has 2 unspecified atom stereocenters. The van der Waals surface area contributed by atoms with Crippen LogP contribution in [0.15, 0.2) is 181 Å². The summed E-state index contributed by atoms with van der Waals surface area (Å²) in [6, 6.07) is 57.8. The van der Waals surface area contributed by atoms with Gasteiger partial charge in [0.2, 0.25) is 0 Å². The van der Waals surface area contributed by atoms with Crippen LogP contribution >= 0.6 is 11.3 Å². The number of hydrogen-bond acceptors (Lipinski definition) is 2. The molecule has 1 nitrogen and oxygen atoms in total. The number of ether oxygens (including phenoxy) is 1. The van der Waals surface area contributed by atoms with Gasteiger partial charge in [-0.15, -0.1) is 11.3 Å². The van der Waals surface area contributed by atoms with Crippen LogP contribution in [0.1, 0.15) is 17.0 Å². The summed E-state index contributed by atoms with van der Waals surface area (Å²) >= 11 is 1.81. The maximum atomic E-state index is 6.92. The van der Waals surface area contributed by atoms with E-state index < -0.39 is 0 Å². The fraction of sp³-hybridized carbons (Fsp3) is 0.0400. The maximum Gasteiger partial charge on any atom is 0.128 e. The number of fused-ring (bicyclic) bond motifs is 7.